The van der Waals surface area contributed by atoms with Crippen LogP contribution in [0, 0.1) is 5.92 Å². The number of ether oxygens (including phenoxy) is 1. The van der Waals surface area contributed by atoms with Crippen LogP contribution < -0.4 is 10.6 Å². The molecule has 0 bridgehead atoms. The van der Waals surface area contributed by atoms with E-state index < -0.39 is 18.8 Å². The lowest BCUT2D eigenvalue weighted by molar-refractivity contribution is -0.124. The number of hydrogen-bond donors (Lipinski definition) is 2. The lowest BCUT2D eigenvalue weighted by atomic mass is 9.82. The van der Waals surface area contributed by atoms with Crippen molar-refractivity contribution in [2.75, 3.05) is 20.1 Å². The maximum atomic E-state index is 11.7. The van der Waals surface area contributed by atoms with Crippen molar-refractivity contribution in [1.82, 2.24) is 10.6 Å². The number of rotatable bonds is 4. The zero-order valence-corrected chi connectivity index (χ0v) is 8.93. The molecule has 0 aromatic rings. The smallest absolute Gasteiger partial charge is 0.407 e. The second kappa shape index (κ2) is 5.38. The highest BCUT2D eigenvalue weighted by molar-refractivity contribution is 5.67. The molecule has 4 nitrogen and oxygen atoms in total. The summed E-state index contributed by atoms with van der Waals surface area (Å²) in [4.78, 5) is 10.9. The number of hydrogen-bond acceptors (Lipinski definition) is 3. The number of amides is 1. The van der Waals surface area contributed by atoms with Gasteiger partial charge in [0, 0.05) is 0 Å². The van der Waals surface area contributed by atoms with Crippen LogP contribution in [0.4, 0.5) is 18.0 Å². The van der Waals surface area contributed by atoms with Crippen LogP contribution in [0.1, 0.15) is 12.8 Å². The van der Waals surface area contributed by atoms with Crippen LogP contribution in [0.2, 0.25) is 0 Å². The standard InChI is InChI=1S/C9H15F3N2O2/c1-13-4-6-2-7(3-6)16-8(15)14-5-9(10,11)12/h6-7,13H,2-5H2,1H3,(H,14,15). The Morgan fingerprint density at radius 3 is 2.56 bits per heavy atom. The van der Waals surface area contributed by atoms with E-state index in [1.165, 1.54) is 0 Å². The minimum atomic E-state index is -4.40. The number of carbonyl (C=O) groups is 1. The molecule has 0 heterocycles. The van der Waals surface area contributed by atoms with E-state index in [0.29, 0.717) is 18.8 Å². The SMILES string of the molecule is CNCC1CC(OC(=O)NCC(F)(F)F)C1. The lowest BCUT2D eigenvalue weighted by Gasteiger charge is -2.34. The van der Waals surface area contributed by atoms with Gasteiger partial charge in [-0.1, -0.05) is 0 Å². The average Bonchev–Trinajstić information content (AvgIpc) is 2.10. The van der Waals surface area contributed by atoms with Crippen molar-refractivity contribution in [2.24, 2.45) is 5.92 Å². The molecular weight excluding hydrogens is 225 g/mol. The summed E-state index contributed by atoms with van der Waals surface area (Å²) in [7, 11) is 1.82. The molecule has 94 valence electrons. The van der Waals surface area contributed by atoms with Crippen molar-refractivity contribution in [3.63, 3.8) is 0 Å². The predicted octanol–water partition coefficient (Wildman–Crippen LogP) is 1.27. The third-order valence-electron chi connectivity index (χ3n) is 2.39. The van der Waals surface area contributed by atoms with Gasteiger partial charge >= 0.3 is 12.3 Å². The number of carbonyl (C=O) groups excluding carboxylic acids is 1. The zero-order valence-electron chi connectivity index (χ0n) is 8.93. The van der Waals surface area contributed by atoms with Gasteiger partial charge in [-0.05, 0) is 32.4 Å². The van der Waals surface area contributed by atoms with Crippen LogP contribution in [0.15, 0.2) is 0 Å². The average molecular weight is 240 g/mol. The summed E-state index contributed by atoms with van der Waals surface area (Å²) in [6.45, 7) is -0.511. The third-order valence-corrected chi connectivity index (χ3v) is 2.39. The number of alkyl halides is 3. The van der Waals surface area contributed by atoms with E-state index in [2.05, 4.69) is 5.32 Å². The maximum absolute atomic E-state index is 11.7. The van der Waals surface area contributed by atoms with Gasteiger partial charge in [0.2, 0.25) is 0 Å². The van der Waals surface area contributed by atoms with Crippen LogP contribution in [-0.4, -0.2) is 38.5 Å². The van der Waals surface area contributed by atoms with E-state index in [0.717, 1.165) is 6.54 Å². The molecule has 2 N–H and O–H groups in total. The Morgan fingerprint density at radius 2 is 2.06 bits per heavy atom. The van der Waals surface area contributed by atoms with Crippen LogP contribution in [0.3, 0.4) is 0 Å². The van der Waals surface area contributed by atoms with Gasteiger partial charge in [-0.3, -0.25) is 0 Å². The molecule has 0 aromatic heterocycles. The van der Waals surface area contributed by atoms with Crippen molar-refractivity contribution in [2.45, 2.75) is 25.1 Å². The first-order valence-electron chi connectivity index (χ1n) is 5.06. The van der Waals surface area contributed by atoms with Crippen molar-refractivity contribution in [3.05, 3.63) is 0 Å². The summed E-state index contributed by atoms with van der Waals surface area (Å²) >= 11 is 0. The first-order valence-corrected chi connectivity index (χ1v) is 5.06. The largest absolute Gasteiger partial charge is 0.446 e. The highest BCUT2D eigenvalue weighted by atomic mass is 19.4. The van der Waals surface area contributed by atoms with Gasteiger partial charge in [0.1, 0.15) is 12.6 Å². The minimum Gasteiger partial charge on any atom is -0.446 e. The van der Waals surface area contributed by atoms with Gasteiger partial charge < -0.3 is 15.4 Å². The normalized spacial score (nSPS) is 24.8. The molecule has 1 rings (SSSR count). The fourth-order valence-corrected chi connectivity index (χ4v) is 1.59. The highest BCUT2D eigenvalue weighted by Crippen LogP contribution is 2.29. The van der Waals surface area contributed by atoms with Crippen LogP contribution in [-0.2, 0) is 4.74 Å². The quantitative estimate of drug-likeness (QED) is 0.778. The predicted molar refractivity (Wildman–Crippen MR) is 51.0 cm³/mol. The number of nitrogens with one attached hydrogen (secondary N) is 2. The number of halogens is 3. The summed E-state index contributed by atoms with van der Waals surface area (Å²) < 4.78 is 40.0. The van der Waals surface area contributed by atoms with Crippen LogP contribution in [0.25, 0.3) is 0 Å². The summed E-state index contributed by atoms with van der Waals surface area (Å²) in [6, 6.07) is 0. The van der Waals surface area contributed by atoms with Crippen LogP contribution in [0.5, 0.6) is 0 Å². The first kappa shape index (κ1) is 13.1. The van der Waals surface area contributed by atoms with E-state index in [1.807, 2.05) is 7.05 Å². The van der Waals surface area contributed by atoms with Gasteiger partial charge in [0.15, 0.2) is 0 Å². The molecule has 1 aliphatic rings. The molecule has 1 fully saturated rings. The lowest BCUT2D eigenvalue weighted by Crippen LogP contribution is -2.42. The van der Waals surface area contributed by atoms with E-state index >= 15 is 0 Å². The Hall–Kier alpha value is -0.980. The molecule has 0 aromatic carbocycles. The van der Waals surface area contributed by atoms with Gasteiger partial charge in [0.05, 0.1) is 0 Å². The molecule has 0 aliphatic heterocycles. The second-order valence-corrected chi connectivity index (χ2v) is 3.89. The van der Waals surface area contributed by atoms with Crippen molar-refractivity contribution in [1.29, 1.82) is 0 Å². The fraction of sp³-hybridized carbons (Fsp3) is 0.889. The molecule has 0 saturated heterocycles. The van der Waals surface area contributed by atoms with E-state index in [9.17, 15) is 18.0 Å². The Bertz CT molecular complexity index is 239. The Morgan fingerprint density at radius 1 is 1.44 bits per heavy atom. The minimum absolute atomic E-state index is 0.244. The summed E-state index contributed by atoms with van der Waals surface area (Å²) in [5.74, 6) is 0.449. The first-order chi connectivity index (χ1) is 7.40. The van der Waals surface area contributed by atoms with Gasteiger partial charge in [-0.15, -0.1) is 0 Å². The molecule has 0 unspecified atom stereocenters. The molecule has 1 saturated carbocycles. The zero-order chi connectivity index (χ0) is 12.2. The van der Waals surface area contributed by atoms with Crippen LogP contribution >= 0.6 is 0 Å². The molecule has 0 spiro atoms. The van der Waals surface area contributed by atoms with Gasteiger partial charge in [-0.2, -0.15) is 13.2 Å². The Balaban J connectivity index is 2.08. The van der Waals surface area contributed by atoms with Crippen molar-refractivity contribution >= 4 is 6.09 Å². The molecule has 7 heteroatoms. The maximum Gasteiger partial charge on any atom is 0.407 e. The summed E-state index contributed by atoms with van der Waals surface area (Å²) in [5, 5.41) is 4.65. The van der Waals surface area contributed by atoms with E-state index in [1.54, 1.807) is 5.32 Å². The van der Waals surface area contributed by atoms with Gasteiger partial charge in [0.25, 0.3) is 0 Å². The second-order valence-electron chi connectivity index (χ2n) is 3.89. The summed E-state index contributed by atoms with van der Waals surface area (Å²) in [6.07, 6.45) is -4.22. The molecule has 0 radical (unpaired) electrons. The Labute approximate surface area is 91.5 Å². The fourth-order valence-electron chi connectivity index (χ4n) is 1.59. The molecule has 1 amide bonds. The third kappa shape index (κ3) is 4.69. The van der Waals surface area contributed by atoms with Crippen molar-refractivity contribution in [3.8, 4) is 0 Å². The molecule has 16 heavy (non-hydrogen) atoms. The molecular formula is C9H15F3N2O2. The molecule has 1 aliphatic carbocycles. The Kier molecular flexibility index (Phi) is 4.40. The molecule has 0 atom stereocenters. The summed E-state index contributed by atoms with van der Waals surface area (Å²) in [5.41, 5.74) is 0. The highest BCUT2D eigenvalue weighted by Gasteiger charge is 2.33. The van der Waals surface area contributed by atoms with Gasteiger partial charge in [-0.25, -0.2) is 4.79 Å². The van der Waals surface area contributed by atoms with E-state index in [-0.39, 0.29) is 6.10 Å². The topological polar surface area (TPSA) is 50.4 Å². The monoisotopic (exact) mass is 240 g/mol. The van der Waals surface area contributed by atoms with E-state index in [4.69, 9.17) is 4.74 Å². The number of alkyl carbamates (subject to hydrolysis) is 1. The van der Waals surface area contributed by atoms with Crippen molar-refractivity contribution < 1.29 is 22.7 Å².